The number of benzene rings is 2. The van der Waals surface area contributed by atoms with E-state index in [0.717, 1.165) is 17.1 Å². The summed E-state index contributed by atoms with van der Waals surface area (Å²) in [4.78, 5) is 2.22. The van der Waals surface area contributed by atoms with Gasteiger partial charge < -0.3 is 5.73 Å². The Labute approximate surface area is 120 Å². The van der Waals surface area contributed by atoms with Crippen LogP contribution in [0.2, 0.25) is 0 Å². The highest BCUT2D eigenvalue weighted by Gasteiger charge is 2.21. The summed E-state index contributed by atoms with van der Waals surface area (Å²) in [6.07, 6.45) is 1.09. The number of nitrogen functional groups attached to an aromatic ring is 1. The fraction of sp³-hybridized carbons (Fsp3) is 0.200. The number of fused-ring (bicyclic) bond motifs is 1. The molecule has 0 spiro atoms. The van der Waals surface area contributed by atoms with Crippen LogP contribution in [0.3, 0.4) is 0 Å². The fourth-order valence-electron chi connectivity index (χ4n) is 2.16. The Morgan fingerprint density at radius 1 is 1.26 bits per heavy atom. The molecular weight excluding hydrogens is 277 g/mol. The van der Waals surface area contributed by atoms with Crippen molar-refractivity contribution in [2.45, 2.75) is 21.5 Å². The molecule has 0 saturated heterocycles. The van der Waals surface area contributed by atoms with Gasteiger partial charge >= 0.3 is 0 Å². The Morgan fingerprint density at radius 3 is 2.95 bits per heavy atom. The number of hydrogen-bond acceptors (Lipinski definition) is 3. The highest BCUT2D eigenvalue weighted by molar-refractivity contribution is 8.03. The second kappa shape index (κ2) is 5.47. The Morgan fingerprint density at radius 2 is 2.11 bits per heavy atom. The number of thioether (sulfide) groups is 2. The van der Waals surface area contributed by atoms with Crippen LogP contribution in [0.25, 0.3) is 0 Å². The van der Waals surface area contributed by atoms with Crippen LogP contribution >= 0.6 is 23.5 Å². The average Bonchev–Trinajstić information content (AvgIpc) is 2.82. The van der Waals surface area contributed by atoms with Gasteiger partial charge in [0.15, 0.2) is 0 Å². The highest BCUT2D eigenvalue weighted by Crippen LogP contribution is 2.39. The van der Waals surface area contributed by atoms with Gasteiger partial charge in [-0.05, 0) is 36.2 Å². The molecule has 0 aliphatic carbocycles. The molecule has 3 rings (SSSR count). The summed E-state index contributed by atoms with van der Waals surface area (Å²) in [6, 6.07) is 13.1. The van der Waals surface area contributed by atoms with Crippen LogP contribution in [0.15, 0.2) is 52.3 Å². The summed E-state index contributed by atoms with van der Waals surface area (Å²) in [6.45, 7) is 0. The van der Waals surface area contributed by atoms with Crippen LogP contribution in [-0.4, -0.2) is 11.0 Å². The van der Waals surface area contributed by atoms with Crippen molar-refractivity contribution in [3.63, 3.8) is 0 Å². The minimum atomic E-state index is -0.223. The summed E-state index contributed by atoms with van der Waals surface area (Å²) in [5.41, 5.74) is 7.94. The van der Waals surface area contributed by atoms with E-state index in [1.54, 1.807) is 17.8 Å². The fourth-order valence-corrected chi connectivity index (χ4v) is 4.63. The third-order valence-corrected chi connectivity index (χ3v) is 5.88. The summed E-state index contributed by atoms with van der Waals surface area (Å²) in [5.74, 6) is 0.728. The lowest BCUT2D eigenvalue weighted by atomic mass is 10.1. The van der Waals surface area contributed by atoms with Gasteiger partial charge in [0.05, 0.1) is 0 Å². The molecule has 2 aromatic rings. The predicted octanol–water partition coefficient (Wildman–Crippen LogP) is 4.22. The van der Waals surface area contributed by atoms with E-state index < -0.39 is 0 Å². The number of halogens is 1. The molecule has 98 valence electrons. The molecule has 0 bridgehead atoms. The number of rotatable bonds is 3. The zero-order chi connectivity index (χ0) is 13.2. The van der Waals surface area contributed by atoms with Crippen LogP contribution < -0.4 is 5.73 Å². The molecule has 0 aromatic heterocycles. The normalized spacial score (nSPS) is 17.4. The maximum Gasteiger partial charge on any atom is 0.124 e. The molecule has 19 heavy (non-hydrogen) atoms. The summed E-state index contributed by atoms with van der Waals surface area (Å²) < 4.78 is 13.2. The lowest BCUT2D eigenvalue weighted by molar-refractivity contribution is 0.624. The van der Waals surface area contributed by atoms with E-state index >= 15 is 0 Å². The Kier molecular flexibility index (Phi) is 3.71. The van der Waals surface area contributed by atoms with Gasteiger partial charge in [-0.1, -0.05) is 18.2 Å². The van der Waals surface area contributed by atoms with Crippen LogP contribution in [0.1, 0.15) is 5.56 Å². The van der Waals surface area contributed by atoms with Crippen molar-refractivity contribution in [1.82, 2.24) is 0 Å². The van der Waals surface area contributed by atoms with Gasteiger partial charge in [0.25, 0.3) is 0 Å². The summed E-state index contributed by atoms with van der Waals surface area (Å²) in [7, 11) is 0. The highest BCUT2D eigenvalue weighted by atomic mass is 32.2. The van der Waals surface area contributed by atoms with Gasteiger partial charge in [-0.3, -0.25) is 0 Å². The SMILES string of the molecule is Nc1ccc(F)cc1SCC1Cc2ccccc2S1. The van der Waals surface area contributed by atoms with E-state index in [9.17, 15) is 4.39 Å². The number of anilines is 1. The molecule has 4 heteroatoms. The van der Waals surface area contributed by atoms with E-state index in [2.05, 4.69) is 24.3 Å². The third-order valence-electron chi connectivity index (χ3n) is 3.11. The molecule has 1 unspecified atom stereocenters. The lowest BCUT2D eigenvalue weighted by Gasteiger charge is -2.09. The molecule has 1 aliphatic rings. The van der Waals surface area contributed by atoms with E-state index in [1.807, 2.05) is 11.8 Å². The first-order chi connectivity index (χ1) is 9.22. The number of hydrogen-bond donors (Lipinski definition) is 1. The van der Waals surface area contributed by atoms with Gasteiger partial charge in [-0.15, -0.1) is 23.5 Å². The van der Waals surface area contributed by atoms with Crippen molar-refractivity contribution in [3.05, 3.63) is 53.8 Å². The lowest BCUT2D eigenvalue weighted by Crippen LogP contribution is -2.04. The predicted molar refractivity (Wildman–Crippen MR) is 81.3 cm³/mol. The summed E-state index contributed by atoms with van der Waals surface area (Å²) in [5, 5.41) is 0.546. The monoisotopic (exact) mass is 291 g/mol. The van der Waals surface area contributed by atoms with Crippen molar-refractivity contribution >= 4 is 29.2 Å². The molecule has 0 radical (unpaired) electrons. The van der Waals surface area contributed by atoms with E-state index in [4.69, 9.17) is 5.73 Å². The van der Waals surface area contributed by atoms with Crippen molar-refractivity contribution in [2.24, 2.45) is 0 Å². The minimum absolute atomic E-state index is 0.223. The van der Waals surface area contributed by atoms with Crippen molar-refractivity contribution in [2.75, 3.05) is 11.5 Å². The molecule has 0 fully saturated rings. The second-order valence-electron chi connectivity index (χ2n) is 4.54. The molecule has 2 N–H and O–H groups in total. The van der Waals surface area contributed by atoms with Gasteiger partial charge in [0.1, 0.15) is 5.82 Å². The first kappa shape index (κ1) is 12.9. The number of nitrogens with two attached hydrogens (primary N) is 1. The van der Waals surface area contributed by atoms with E-state index in [0.29, 0.717) is 10.9 Å². The molecule has 0 saturated carbocycles. The van der Waals surface area contributed by atoms with Crippen LogP contribution in [0, 0.1) is 5.82 Å². The Balaban J connectivity index is 1.64. The zero-order valence-corrected chi connectivity index (χ0v) is 11.9. The molecule has 1 heterocycles. The van der Waals surface area contributed by atoms with Gasteiger partial charge in [-0.25, -0.2) is 4.39 Å². The average molecular weight is 291 g/mol. The third kappa shape index (κ3) is 2.90. The van der Waals surface area contributed by atoms with Gasteiger partial charge in [0.2, 0.25) is 0 Å². The van der Waals surface area contributed by atoms with Gasteiger partial charge in [0, 0.05) is 26.5 Å². The Hall–Kier alpha value is -1.13. The standard InChI is InChI=1S/C15H14FNS2/c16-11-5-6-13(17)15(8-11)18-9-12-7-10-3-1-2-4-14(10)19-12/h1-6,8,12H,7,9,17H2. The molecule has 1 nitrogen and oxygen atoms in total. The summed E-state index contributed by atoms with van der Waals surface area (Å²) >= 11 is 3.55. The van der Waals surface area contributed by atoms with E-state index in [1.165, 1.54) is 22.6 Å². The smallest absolute Gasteiger partial charge is 0.124 e. The van der Waals surface area contributed by atoms with Gasteiger partial charge in [-0.2, -0.15) is 0 Å². The second-order valence-corrected chi connectivity index (χ2v) is 6.95. The first-order valence-corrected chi connectivity index (χ1v) is 8.01. The molecule has 2 aromatic carbocycles. The quantitative estimate of drug-likeness (QED) is 0.677. The van der Waals surface area contributed by atoms with Crippen LogP contribution in [-0.2, 0) is 6.42 Å². The van der Waals surface area contributed by atoms with Crippen LogP contribution in [0.5, 0.6) is 0 Å². The van der Waals surface area contributed by atoms with Crippen molar-refractivity contribution in [3.8, 4) is 0 Å². The largest absolute Gasteiger partial charge is 0.398 e. The van der Waals surface area contributed by atoms with Crippen molar-refractivity contribution in [1.29, 1.82) is 0 Å². The molecule has 1 atom stereocenters. The molecular formula is C15H14FNS2. The van der Waals surface area contributed by atoms with Crippen LogP contribution in [0.4, 0.5) is 10.1 Å². The maximum absolute atomic E-state index is 13.2. The molecule has 0 amide bonds. The topological polar surface area (TPSA) is 26.0 Å². The maximum atomic E-state index is 13.2. The van der Waals surface area contributed by atoms with E-state index in [-0.39, 0.29) is 5.82 Å². The first-order valence-electron chi connectivity index (χ1n) is 6.15. The molecule has 1 aliphatic heterocycles. The zero-order valence-electron chi connectivity index (χ0n) is 10.3. The Bertz CT molecular complexity index is 575. The minimum Gasteiger partial charge on any atom is -0.398 e. The van der Waals surface area contributed by atoms with Crippen molar-refractivity contribution < 1.29 is 4.39 Å².